The molecule has 60 heavy (non-hydrogen) atoms. The highest BCUT2D eigenvalue weighted by molar-refractivity contribution is 5.98. The summed E-state index contributed by atoms with van der Waals surface area (Å²) in [5.74, 6) is -0.378. The zero-order valence-electron chi connectivity index (χ0n) is 42.2. The lowest BCUT2D eigenvalue weighted by Gasteiger charge is -2.22. The molecular weight excluding hydrogens is 731 g/mol. The number of phenolic OH excluding ortho intramolecular Hbond substituents is 1. The summed E-state index contributed by atoms with van der Waals surface area (Å²) in [6.07, 6.45) is 1.56. The Kier molecular flexibility index (Phi) is 7.82. The van der Waals surface area contributed by atoms with E-state index in [1.54, 1.807) is 30.5 Å². The summed E-state index contributed by atoms with van der Waals surface area (Å²) in [7, 11) is 0. The summed E-state index contributed by atoms with van der Waals surface area (Å²) >= 11 is 0. The van der Waals surface area contributed by atoms with Gasteiger partial charge in [-0.25, -0.2) is 4.98 Å². The molecule has 0 aliphatic heterocycles. The fourth-order valence-corrected chi connectivity index (χ4v) is 7.88. The standard InChI is InChI=1S/C56H49N3O/c1-36(2)47-34-49(40-18-11-8-12-19-40)52(35-48(47)39-16-9-7-10-17-39)59-51-22-15-21-45(54(51)58-55(59)46-20-13-14-23-53(46)60)42-30-43(32-44(31-42)56(4,5)6)50-33-41(28-29-57-50)38-26-24-37(3)25-27-38/h7-36,60H,1-6H3/i3D3,24D,25D,26D,27D,36D. The molecule has 0 spiro atoms. The van der Waals surface area contributed by atoms with Crippen molar-refractivity contribution in [1.29, 1.82) is 0 Å². The number of aromatic hydroxyl groups is 1. The van der Waals surface area contributed by atoms with Crippen LogP contribution < -0.4 is 0 Å². The van der Waals surface area contributed by atoms with Crippen molar-refractivity contribution in [2.45, 2.75) is 52.8 Å². The van der Waals surface area contributed by atoms with Gasteiger partial charge in [0, 0.05) is 28.4 Å². The number of nitrogens with zero attached hydrogens (tertiary/aromatic N) is 3. The predicted octanol–water partition coefficient (Wildman–Crippen LogP) is 14.9. The van der Waals surface area contributed by atoms with Gasteiger partial charge in [0.25, 0.3) is 0 Å². The molecule has 0 atom stereocenters. The van der Waals surface area contributed by atoms with Crippen LogP contribution in [0.3, 0.4) is 0 Å². The first kappa shape index (κ1) is 30.1. The molecule has 0 saturated carbocycles. The first-order chi connectivity index (χ1) is 32.2. The highest BCUT2D eigenvalue weighted by Crippen LogP contribution is 2.44. The molecule has 2 aromatic heterocycles. The van der Waals surface area contributed by atoms with Gasteiger partial charge in [0.05, 0.1) is 33.5 Å². The Morgan fingerprint density at radius 1 is 0.617 bits per heavy atom. The minimum absolute atomic E-state index is 0.0135. The number of hydrogen-bond acceptors (Lipinski definition) is 3. The van der Waals surface area contributed by atoms with Crippen molar-refractivity contribution in [1.82, 2.24) is 14.5 Å². The molecule has 0 amide bonds. The summed E-state index contributed by atoms with van der Waals surface area (Å²) in [5.41, 5.74) is 10.7. The Hall–Kier alpha value is -7.04. The normalized spacial score (nSPS) is 14.0. The van der Waals surface area contributed by atoms with E-state index in [0.29, 0.717) is 28.2 Å². The SMILES string of the molecule is [2H]c1c([2H])c(C([2H])([2H])[2H])c([2H])c([2H])c1-c1ccnc(-c2cc(-c3cccc4c3nc(-c3ccccc3O)n4-c3cc(-c4ccccc4)c(C([2H])(C)C)cc3-c3ccccc3)cc(C(C)(C)C)c2)c1. The van der Waals surface area contributed by atoms with Crippen LogP contribution in [0.2, 0.25) is 0 Å². The van der Waals surface area contributed by atoms with Crippen LogP contribution in [0.5, 0.6) is 5.75 Å². The Labute approximate surface area is 364 Å². The van der Waals surface area contributed by atoms with Crippen molar-refractivity contribution < 1.29 is 16.1 Å². The molecule has 4 nitrogen and oxygen atoms in total. The lowest BCUT2D eigenvalue weighted by molar-refractivity contribution is 0.477. The van der Waals surface area contributed by atoms with Gasteiger partial charge >= 0.3 is 0 Å². The number of rotatable bonds is 8. The number of phenols is 1. The second kappa shape index (κ2) is 15.6. The van der Waals surface area contributed by atoms with Crippen LogP contribution in [0, 0.1) is 6.85 Å². The van der Waals surface area contributed by atoms with Crippen molar-refractivity contribution in [3.05, 3.63) is 193 Å². The van der Waals surface area contributed by atoms with Crippen molar-refractivity contribution in [3.63, 3.8) is 0 Å². The predicted molar refractivity (Wildman–Crippen MR) is 251 cm³/mol. The molecule has 9 rings (SSSR count). The molecule has 0 fully saturated rings. The smallest absolute Gasteiger partial charge is 0.149 e. The monoisotopic (exact) mass is 787 g/mol. The zero-order valence-corrected chi connectivity index (χ0v) is 34.2. The van der Waals surface area contributed by atoms with E-state index >= 15 is 0 Å². The lowest BCUT2D eigenvalue weighted by Crippen LogP contribution is -2.11. The number of aromatic nitrogens is 3. The fourth-order valence-electron chi connectivity index (χ4n) is 7.88. The van der Waals surface area contributed by atoms with Crippen LogP contribution in [0.4, 0.5) is 0 Å². The minimum Gasteiger partial charge on any atom is -0.507 e. The van der Waals surface area contributed by atoms with Crippen LogP contribution in [-0.2, 0) is 5.41 Å². The molecule has 4 heteroatoms. The second-order valence-corrected chi connectivity index (χ2v) is 16.3. The Bertz CT molecular complexity index is 3380. The van der Waals surface area contributed by atoms with E-state index in [1.807, 2.05) is 86.6 Å². The van der Waals surface area contributed by atoms with Crippen LogP contribution in [0.1, 0.15) is 68.2 Å². The number of hydrogen-bond donors (Lipinski definition) is 1. The van der Waals surface area contributed by atoms with Gasteiger partial charge in [0.2, 0.25) is 0 Å². The average Bonchev–Trinajstić information content (AvgIpc) is 3.70. The van der Waals surface area contributed by atoms with Gasteiger partial charge in [-0.1, -0.05) is 155 Å². The maximum Gasteiger partial charge on any atom is 0.149 e. The molecule has 0 aliphatic rings. The first-order valence-electron chi connectivity index (χ1n) is 24.1. The van der Waals surface area contributed by atoms with E-state index in [0.717, 1.165) is 61.3 Å². The topological polar surface area (TPSA) is 50.9 Å². The van der Waals surface area contributed by atoms with Crippen molar-refractivity contribution in [2.24, 2.45) is 0 Å². The van der Waals surface area contributed by atoms with Gasteiger partial charge in [0.1, 0.15) is 11.6 Å². The van der Waals surface area contributed by atoms with E-state index in [2.05, 4.69) is 73.9 Å². The highest BCUT2D eigenvalue weighted by atomic mass is 16.3. The maximum absolute atomic E-state index is 11.6. The Morgan fingerprint density at radius 2 is 1.28 bits per heavy atom. The third-order valence-corrected chi connectivity index (χ3v) is 11.0. The van der Waals surface area contributed by atoms with Gasteiger partial charge in [-0.2, -0.15) is 0 Å². The van der Waals surface area contributed by atoms with Crippen LogP contribution in [0.15, 0.2) is 176 Å². The summed E-state index contributed by atoms with van der Waals surface area (Å²) in [4.78, 5) is 10.2. The van der Waals surface area contributed by atoms with Gasteiger partial charge in [-0.3, -0.25) is 9.55 Å². The first-order valence-corrected chi connectivity index (χ1v) is 20.1. The maximum atomic E-state index is 11.6. The Morgan fingerprint density at radius 3 is 1.97 bits per heavy atom. The molecule has 0 unspecified atom stereocenters. The Balaban J connectivity index is 1.32. The third-order valence-electron chi connectivity index (χ3n) is 11.0. The van der Waals surface area contributed by atoms with Crippen molar-refractivity contribution >= 4 is 11.0 Å². The molecular formula is C56H49N3O. The van der Waals surface area contributed by atoms with E-state index < -0.39 is 42.5 Å². The van der Waals surface area contributed by atoms with Gasteiger partial charge < -0.3 is 5.11 Å². The van der Waals surface area contributed by atoms with Gasteiger partial charge in [0.15, 0.2) is 0 Å². The molecule has 0 bridgehead atoms. The lowest BCUT2D eigenvalue weighted by atomic mass is 9.83. The number of pyridine rings is 1. The molecule has 1 N–H and O–H groups in total. The zero-order chi connectivity index (χ0) is 48.4. The van der Waals surface area contributed by atoms with Crippen LogP contribution in [-0.4, -0.2) is 19.6 Å². The molecule has 7 aromatic carbocycles. The molecule has 294 valence electrons. The minimum atomic E-state index is -2.83. The summed E-state index contributed by atoms with van der Waals surface area (Å²) in [6, 6.07) is 45.2. The number of para-hydroxylation sites is 2. The summed E-state index contributed by atoms with van der Waals surface area (Å²) < 4.78 is 70.0. The van der Waals surface area contributed by atoms with Crippen LogP contribution >= 0.6 is 0 Å². The molecule has 0 saturated heterocycles. The molecule has 2 heterocycles. The van der Waals surface area contributed by atoms with E-state index in [-0.39, 0.29) is 16.7 Å². The van der Waals surface area contributed by atoms with Gasteiger partial charge in [-0.15, -0.1) is 0 Å². The molecule has 9 aromatic rings. The molecule has 0 aliphatic carbocycles. The highest BCUT2D eigenvalue weighted by Gasteiger charge is 2.25. The van der Waals surface area contributed by atoms with Crippen LogP contribution in [0.25, 0.3) is 83.9 Å². The van der Waals surface area contributed by atoms with Crippen molar-refractivity contribution in [3.8, 4) is 78.6 Å². The number of imidazole rings is 1. The van der Waals surface area contributed by atoms with Crippen molar-refractivity contribution in [2.75, 3.05) is 0 Å². The quantitative estimate of drug-likeness (QED) is 0.167. The second-order valence-electron chi connectivity index (χ2n) is 16.3. The van der Waals surface area contributed by atoms with E-state index in [4.69, 9.17) is 19.6 Å². The summed E-state index contributed by atoms with van der Waals surface area (Å²) in [6.45, 7) is 7.35. The van der Waals surface area contributed by atoms with Gasteiger partial charge in [-0.05, 0) is 117 Å². The summed E-state index contributed by atoms with van der Waals surface area (Å²) in [5, 5.41) is 11.6. The number of benzene rings is 7. The van der Waals surface area contributed by atoms with E-state index in [1.165, 1.54) is 0 Å². The number of fused-ring (bicyclic) bond motifs is 1. The average molecular weight is 788 g/mol. The third kappa shape index (κ3) is 7.30. The van der Waals surface area contributed by atoms with E-state index in [9.17, 15) is 6.48 Å². The largest absolute Gasteiger partial charge is 0.507 e. The fraction of sp³-hybridized carbons (Fsp3) is 0.143. The molecule has 0 radical (unpaired) electrons.